The number of benzene rings is 1. The van der Waals surface area contributed by atoms with Crippen LogP contribution in [-0.2, 0) is 0 Å². The van der Waals surface area contributed by atoms with Crippen LogP contribution >= 0.6 is 39.0 Å². The highest BCUT2D eigenvalue weighted by molar-refractivity contribution is 9.10. The topological polar surface area (TPSA) is 24.9 Å². The Morgan fingerprint density at radius 1 is 1.47 bits per heavy atom. The van der Waals surface area contributed by atoms with Crippen LogP contribution in [0.1, 0.15) is 31.9 Å². The van der Waals surface area contributed by atoms with Crippen LogP contribution < -0.4 is 5.32 Å². The van der Waals surface area contributed by atoms with Gasteiger partial charge >= 0.3 is 0 Å². The minimum Gasteiger partial charge on any atom is -0.310 e. The molecule has 0 aliphatic heterocycles. The van der Waals surface area contributed by atoms with Crippen molar-refractivity contribution in [3.8, 4) is 0 Å². The molecule has 0 radical (unpaired) electrons. The fraction of sp³-hybridized carbons (Fsp3) is 0.357. The lowest BCUT2D eigenvalue weighted by Crippen LogP contribution is -2.19. The highest BCUT2D eigenvalue weighted by Gasteiger charge is 2.12. The fourth-order valence-electron chi connectivity index (χ4n) is 1.78. The number of nitrogens with one attached hydrogen (secondary N) is 1. The molecular formula is C14H17BrN2S2. The van der Waals surface area contributed by atoms with Gasteiger partial charge in [-0.1, -0.05) is 34.6 Å². The molecule has 0 fully saturated rings. The Labute approximate surface area is 131 Å². The first-order valence-electron chi connectivity index (χ1n) is 6.31. The molecule has 1 unspecified atom stereocenters. The highest BCUT2D eigenvalue weighted by Crippen LogP contribution is 2.35. The predicted octanol–water partition coefficient (Wildman–Crippen LogP) is 5.12. The zero-order chi connectivity index (χ0) is 13.7. The third kappa shape index (κ3) is 4.31. The third-order valence-corrected chi connectivity index (χ3v) is 5.21. The van der Waals surface area contributed by atoms with E-state index in [0.29, 0.717) is 6.04 Å². The molecule has 5 heteroatoms. The van der Waals surface area contributed by atoms with Gasteiger partial charge in [-0.3, -0.25) is 0 Å². The summed E-state index contributed by atoms with van der Waals surface area (Å²) in [6, 6.07) is 6.80. The van der Waals surface area contributed by atoms with Crippen LogP contribution in [0.4, 0.5) is 0 Å². The van der Waals surface area contributed by atoms with E-state index in [1.165, 1.54) is 10.5 Å². The highest BCUT2D eigenvalue weighted by atomic mass is 79.9. The van der Waals surface area contributed by atoms with Crippen molar-refractivity contribution in [2.45, 2.75) is 35.5 Å². The number of thiazole rings is 1. The Morgan fingerprint density at radius 2 is 2.32 bits per heavy atom. The van der Waals surface area contributed by atoms with Crippen molar-refractivity contribution in [3.63, 3.8) is 0 Å². The van der Waals surface area contributed by atoms with Crippen LogP contribution in [0.2, 0.25) is 0 Å². The average Bonchev–Trinajstić information content (AvgIpc) is 2.91. The number of nitrogens with zero attached hydrogens (tertiary/aromatic N) is 1. The van der Waals surface area contributed by atoms with Crippen LogP contribution in [0.5, 0.6) is 0 Å². The minimum absolute atomic E-state index is 0.347. The van der Waals surface area contributed by atoms with Gasteiger partial charge < -0.3 is 5.32 Å². The summed E-state index contributed by atoms with van der Waals surface area (Å²) in [5.41, 5.74) is 1.32. The van der Waals surface area contributed by atoms with E-state index < -0.39 is 0 Å². The molecule has 2 rings (SSSR count). The molecular weight excluding hydrogens is 340 g/mol. The summed E-state index contributed by atoms with van der Waals surface area (Å²) in [6.45, 7) is 5.43. The largest absolute Gasteiger partial charge is 0.310 e. The van der Waals surface area contributed by atoms with Crippen LogP contribution in [0.15, 0.2) is 43.5 Å². The second-order valence-electron chi connectivity index (χ2n) is 4.26. The first-order chi connectivity index (χ1) is 9.20. The maximum Gasteiger partial charge on any atom is 0.154 e. The van der Waals surface area contributed by atoms with E-state index in [4.69, 9.17) is 0 Å². The molecule has 0 spiro atoms. The van der Waals surface area contributed by atoms with E-state index in [-0.39, 0.29) is 0 Å². The van der Waals surface area contributed by atoms with Crippen molar-refractivity contribution in [2.75, 3.05) is 6.54 Å². The molecule has 0 saturated carbocycles. The van der Waals surface area contributed by atoms with Gasteiger partial charge in [0.2, 0.25) is 0 Å². The van der Waals surface area contributed by atoms with E-state index in [1.54, 1.807) is 23.1 Å². The van der Waals surface area contributed by atoms with Crippen molar-refractivity contribution >= 4 is 39.0 Å². The first-order valence-corrected chi connectivity index (χ1v) is 8.79. The van der Waals surface area contributed by atoms with Crippen LogP contribution in [-0.4, -0.2) is 11.5 Å². The number of aromatic nitrogens is 1. The van der Waals surface area contributed by atoms with Gasteiger partial charge in [0.15, 0.2) is 4.34 Å². The minimum atomic E-state index is 0.347. The molecule has 1 atom stereocenters. The fourth-order valence-corrected chi connectivity index (χ4v) is 3.93. The van der Waals surface area contributed by atoms with Gasteiger partial charge in [-0.2, -0.15) is 0 Å². The van der Waals surface area contributed by atoms with E-state index >= 15 is 0 Å². The van der Waals surface area contributed by atoms with Gasteiger partial charge in [-0.15, -0.1) is 11.3 Å². The van der Waals surface area contributed by atoms with E-state index in [1.807, 2.05) is 11.6 Å². The zero-order valence-corrected chi connectivity index (χ0v) is 14.2. The summed E-state index contributed by atoms with van der Waals surface area (Å²) in [6.07, 6.45) is 3.00. The van der Waals surface area contributed by atoms with Crippen molar-refractivity contribution in [2.24, 2.45) is 0 Å². The van der Waals surface area contributed by atoms with E-state index in [0.717, 1.165) is 21.8 Å². The maximum absolute atomic E-state index is 4.35. The summed E-state index contributed by atoms with van der Waals surface area (Å²) in [7, 11) is 0. The number of rotatable bonds is 6. The molecule has 1 N–H and O–H groups in total. The molecule has 0 bridgehead atoms. The Hall–Kier alpha value is -0.360. The Balaban J connectivity index is 2.22. The molecule has 0 saturated heterocycles. The van der Waals surface area contributed by atoms with Gasteiger partial charge in [0.25, 0.3) is 0 Å². The van der Waals surface area contributed by atoms with Gasteiger partial charge in [0.1, 0.15) is 0 Å². The van der Waals surface area contributed by atoms with E-state index in [9.17, 15) is 0 Å². The summed E-state index contributed by atoms with van der Waals surface area (Å²) in [5, 5.41) is 5.56. The van der Waals surface area contributed by atoms with E-state index in [2.05, 4.69) is 58.3 Å². The predicted molar refractivity (Wildman–Crippen MR) is 87.1 cm³/mol. The quantitative estimate of drug-likeness (QED) is 0.777. The Bertz CT molecular complexity index is 514. The number of halogens is 1. The number of hydrogen-bond donors (Lipinski definition) is 1. The van der Waals surface area contributed by atoms with Gasteiger partial charge in [-0.25, -0.2) is 4.98 Å². The van der Waals surface area contributed by atoms with Gasteiger partial charge in [0.05, 0.1) is 0 Å². The summed E-state index contributed by atoms with van der Waals surface area (Å²) in [4.78, 5) is 5.62. The molecule has 1 heterocycles. The lowest BCUT2D eigenvalue weighted by atomic mass is 10.1. The normalized spacial score (nSPS) is 12.6. The lowest BCUT2D eigenvalue weighted by Gasteiger charge is -2.17. The molecule has 1 aromatic carbocycles. The zero-order valence-electron chi connectivity index (χ0n) is 11.0. The molecule has 2 nitrogen and oxygen atoms in total. The van der Waals surface area contributed by atoms with Gasteiger partial charge in [-0.05, 0) is 43.7 Å². The smallest absolute Gasteiger partial charge is 0.154 e. The second kappa shape index (κ2) is 7.43. The Morgan fingerprint density at radius 3 is 3.00 bits per heavy atom. The Kier molecular flexibility index (Phi) is 5.88. The molecule has 102 valence electrons. The maximum atomic E-state index is 4.35. The monoisotopic (exact) mass is 356 g/mol. The molecule has 2 aromatic rings. The van der Waals surface area contributed by atoms with Gasteiger partial charge in [0, 0.05) is 27.0 Å². The second-order valence-corrected chi connectivity index (χ2v) is 7.36. The lowest BCUT2D eigenvalue weighted by molar-refractivity contribution is 0.563. The molecule has 19 heavy (non-hydrogen) atoms. The number of hydrogen-bond acceptors (Lipinski definition) is 4. The third-order valence-electron chi connectivity index (χ3n) is 2.75. The SMILES string of the molecule is CCCNC(C)c1cc(Br)ccc1Sc1nccs1. The molecule has 0 aliphatic rings. The van der Waals surface area contributed by atoms with Crippen molar-refractivity contribution < 1.29 is 0 Å². The first kappa shape index (κ1) is 15.0. The summed E-state index contributed by atoms with van der Waals surface area (Å²) < 4.78 is 2.21. The summed E-state index contributed by atoms with van der Waals surface area (Å²) in [5.74, 6) is 0. The summed E-state index contributed by atoms with van der Waals surface area (Å²) >= 11 is 6.98. The molecule has 1 aromatic heterocycles. The van der Waals surface area contributed by atoms with Crippen molar-refractivity contribution in [1.82, 2.24) is 10.3 Å². The van der Waals surface area contributed by atoms with Crippen LogP contribution in [0.3, 0.4) is 0 Å². The standard InChI is InChI=1S/C14H17BrN2S2/c1-3-6-16-10(2)12-9-11(15)4-5-13(12)19-14-17-7-8-18-14/h4-5,7-10,16H,3,6H2,1-2H3. The van der Waals surface area contributed by atoms with Crippen molar-refractivity contribution in [1.29, 1.82) is 0 Å². The molecule has 0 aliphatic carbocycles. The average molecular weight is 357 g/mol. The molecule has 0 amide bonds. The van der Waals surface area contributed by atoms with Crippen LogP contribution in [0, 0.1) is 0 Å². The van der Waals surface area contributed by atoms with Crippen LogP contribution in [0.25, 0.3) is 0 Å². The van der Waals surface area contributed by atoms with Crippen molar-refractivity contribution in [3.05, 3.63) is 39.8 Å².